The van der Waals surface area contributed by atoms with Crippen LogP contribution < -0.4 is 5.73 Å². The predicted molar refractivity (Wildman–Crippen MR) is 74.8 cm³/mol. The second-order valence-corrected chi connectivity index (χ2v) is 7.66. The standard InChI is InChI=1S/C13H16ClNO3S/c1-19(17,18)11-7-4-8-13(15,12(11)16)9-5-2-3-6-10(9)14/h2-3,5-6,11H,4,7-8,15H2,1H3. The third kappa shape index (κ3) is 2.55. The summed E-state index contributed by atoms with van der Waals surface area (Å²) in [6.45, 7) is 0. The van der Waals surface area contributed by atoms with Crippen LogP contribution in [0.4, 0.5) is 0 Å². The van der Waals surface area contributed by atoms with E-state index in [1.54, 1.807) is 24.3 Å². The highest BCUT2D eigenvalue weighted by Crippen LogP contribution is 2.37. The molecule has 4 nitrogen and oxygen atoms in total. The molecule has 0 amide bonds. The molecule has 0 bridgehead atoms. The molecule has 0 radical (unpaired) electrons. The van der Waals surface area contributed by atoms with E-state index in [4.69, 9.17) is 17.3 Å². The molecule has 1 aromatic rings. The van der Waals surface area contributed by atoms with Gasteiger partial charge in [0, 0.05) is 11.3 Å². The summed E-state index contributed by atoms with van der Waals surface area (Å²) in [4.78, 5) is 12.5. The molecule has 1 aromatic carbocycles. The second-order valence-electron chi connectivity index (χ2n) is 5.03. The van der Waals surface area contributed by atoms with Crippen LogP contribution in [0.1, 0.15) is 24.8 Å². The lowest BCUT2D eigenvalue weighted by atomic mass is 9.76. The van der Waals surface area contributed by atoms with Gasteiger partial charge in [0.15, 0.2) is 15.6 Å². The quantitative estimate of drug-likeness (QED) is 0.901. The Bertz CT molecular complexity index is 614. The smallest absolute Gasteiger partial charge is 0.175 e. The fourth-order valence-electron chi connectivity index (χ4n) is 2.61. The van der Waals surface area contributed by atoms with Gasteiger partial charge in [-0.1, -0.05) is 29.8 Å². The van der Waals surface area contributed by atoms with Crippen molar-refractivity contribution in [1.29, 1.82) is 0 Å². The van der Waals surface area contributed by atoms with Crippen LogP contribution in [0, 0.1) is 0 Å². The molecule has 104 valence electrons. The number of ketones is 1. The molecule has 2 atom stereocenters. The minimum Gasteiger partial charge on any atom is -0.315 e. The fourth-order valence-corrected chi connectivity index (χ4v) is 4.11. The molecule has 0 saturated heterocycles. The van der Waals surface area contributed by atoms with Crippen molar-refractivity contribution < 1.29 is 13.2 Å². The zero-order chi connectivity index (χ0) is 14.3. The van der Waals surface area contributed by atoms with E-state index >= 15 is 0 Å². The summed E-state index contributed by atoms with van der Waals surface area (Å²) in [5, 5.41) is -0.630. The molecule has 19 heavy (non-hydrogen) atoms. The van der Waals surface area contributed by atoms with Crippen LogP contribution in [0.25, 0.3) is 0 Å². The highest BCUT2D eigenvalue weighted by Gasteiger charge is 2.47. The van der Waals surface area contributed by atoms with Gasteiger partial charge in [-0.2, -0.15) is 0 Å². The first-order chi connectivity index (χ1) is 8.77. The van der Waals surface area contributed by atoms with Crippen LogP contribution in [-0.4, -0.2) is 25.7 Å². The number of hydrogen-bond acceptors (Lipinski definition) is 4. The normalized spacial score (nSPS) is 28.4. The highest BCUT2D eigenvalue weighted by atomic mass is 35.5. The molecule has 2 N–H and O–H groups in total. The Morgan fingerprint density at radius 1 is 1.37 bits per heavy atom. The summed E-state index contributed by atoms with van der Waals surface area (Å²) in [5.41, 5.74) is 5.42. The maximum atomic E-state index is 12.5. The molecule has 1 aliphatic carbocycles. The van der Waals surface area contributed by atoms with Crippen molar-refractivity contribution in [3.05, 3.63) is 34.9 Å². The first-order valence-electron chi connectivity index (χ1n) is 6.04. The molecule has 1 fully saturated rings. The van der Waals surface area contributed by atoms with Crippen molar-refractivity contribution in [2.75, 3.05) is 6.26 Å². The van der Waals surface area contributed by atoms with Crippen LogP contribution in [-0.2, 0) is 20.2 Å². The third-order valence-corrected chi connectivity index (χ3v) is 5.45. The van der Waals surface area contributed by atoms with E-state index in [-0.39, 0.29) is 0 Å². The van der Waals surface area contributed by atoms with Gasteiger partial charge in [-0.25, -0.2) is 8.42 Å². The van der Waals surface area contributed by atoms with Gasteiger partial charge in [0.25, 0.3) is 0 Å². The lowest BCUT2D eigenvalue weighted by Gasteiger charge is -2.36. The minimum absolute atomic E-state index is 0.334. The van der Waals surface area contributed by atoms with Gasteiger partial charge in [-0.15, -0.1) is 0 Å². The van der Waals surface area contributed by atoms with Gasteiger partial charge in [0.1, 0.15) is 10.8 Å². The number of benzene rings is 1. The molecule has 0 spiro atoms. The molecule has 0 aromatic heterocycles. The second kappa shape index (κ2) is 4.89. The molecular formula is C13H16ClNO3S. The Morgan fingerprint density at radius 3 is 2.58 bits per heavy atom. The zero-order valence-corrected chi connectivity index (χ0v) is 12.2. The molecule has 2 unspecified atom stereocenters. The maximum absolute atomic E-state index is 12.5. The molecule has 0 heterocycles. The number of carbonyl (C=O) groups excluding carboxylic acids is 1. The van der Waals surface area contributed by atoms with Gasteiger partial charge in [-0.3, -0.25) is 4.79 Å². The fraction of sp³-hybridized carbons (Fsp3) is 0.462. The predicted octanol–water partition coefficient (Wildman–Crippen LogP) is 1.66. The van der Waals surface area contributed by atoms with E-state index in [0.717, 1.165) is 6.26 Å². The molecule has 2 rings (SSSR count). The summed E-state index contributed by atoms with van der Waals surface area (Å²) in [6.07, 6.45) is 2.42. The number of carbonyl (C=O) groups is 1. The number of sulfone groups is 1. The van der Waals surface area contributed by atoms with Crippen LogP contribution in [0.3, 0.4) is 0 Å². The van der Waals surface area contributed by atoms with Gasteiger partial charge >= 0.3 is 0 Å². The maximum Gasteiger partial charge on any atom is 0.175 e. The highest BCUT2D eigenvalue weighted by molar-refractivity contribution is 7.92. The van der Waals surface area contributed by atoms with Crippen molar-refractivity contribution in [3.63, 3.8) is 0 Å². The van der Waals surface area contributed by atoms with E-state index in [0.29, 0.717) is 29.8 Å². The van der Waals surface area contributed by atoms with Crippen LogP contribution in [0.5, 0.6) is 0 Å². The first kappa shape index (κ1) is 14.5. The van der Waals surface area contributed by atoms with Crippen LogP contribution >= 0.6 is 11.6 Å². The van der Waals surface area contributed by atoms with Crippen molar-refractivity contribution in [1.82, 2.24) is 0 Å². The van der Waals surface area contributed by atoms with Gasteiger partial charge in [0.05, 0.1) is 0 Å². The SMILES string of the molecule is CS(=O)(=O)C1CCCC(N)(c2ccccc2Cl)C1=O. The summed E-state index contributed by atoms with van der Waals surface area (Å²) < 4.78 is 23.4. The number of rotatable bonds is 2. The summed E-state index contributed by atoms with van der Waals surface area (Å²) >= 11 is 6.09. The molecule has 0 aliphatic heterocycles. The van der Waals surface area contributed by atoms with Crippen molar-refractivity contribution in [3.8, 4) is 0 Å². The van der Waals surface area contributed by atoms with Gasteiger partial charge in [-0.05, 0) is 30.9 Å². The minimum atomic E-state index is -3.44. The van der Waals surface area contributed by atoms with Crippen molar-refractivity contribution >= 4 is 27.2 Å². The average Bonchev–Trinajstić information content (AvgIpc) is 2.32. The Labute approximate surface area is 117 Å². The molecule has 1 aliphatic rings. The number of halogens is 1. The third-order valence-electron chi connectivity index (χ3n) is 3.64. The molecule has 1 saturated carbocycles. The summed E-state index contributed by atoms with van der Waals surface area (Å²) in [6, 6.07) is 6.83. The Kier molecular flexibility index (Phi) is 3.73. The Morgan fingerprint density at radius 2 is 2.00 bits per heavy atom. The lowest BCUT2D eigenvalue weighted by Crippen LogP contribution is -2.54. The summed E-state index contributed by atoms with van der Waals surface area (Å²) in [7, 11) is -3.44. The van der Waals surface area contributed by atoms with Crippen molar-refractivity contribution in [2.24, 2.45) is 5.73 Å². The van der Waals surface area contributed by atoms with Crippen LogP contribution in [0.2, 0.25) is 5.02 Å². The molecular weight excluding hydrogens is 286 g/mol. The van der Waals surface area contributed by atoms with Crippen molar-refractivity contribution in [2.45, 2.75) is 30.1 Å². The molecule has 6 heteroatoms. The number of nitrogens with two attached hydrogens (primary N) is 1. The van der Waals surface area contributed by atoms with Gasteiger partial charge < -0.3 is 5.73 Å². The van der Waals surface area contributed by atoms with Crippen LogP contribution in [0.15, 0.2) is 24.3 Å². The van der Waals surface area contributed by atoms with E-state index in [2.05, 4.69) is 0 Å². The lowest BCUT2D eigenvalue weighted by molar-refractivity contribution is -0.126. The monoisotopic (exact) mass is 301 g/mol. The average molecular weight is 302 g/mol. The Balaban J connectivity index is 2.49. The van der Waals surface area contributed by atoms with E-state index in [1.165, 1.54) is 0 Å². The largest absolute Gasteiger partial charge is 0.315 e. The summed E-state index contributed by atoms with van der Waals surface area (Å²) in [5.74, 6) is -0.450. The Hall–Kier alpha value is -0.910. The zero-order valence-electron chi connectivity index (χ0n) is 10.6. The first-order valence-corrected chi connectivity index (χ1v) is 8.37. The van der Waals surface area contributed by atoms with E-state index in [9.17, 15) is 13.2 Å². The number of Topliss-reactive ketones (excluding diaryl/α,β-unsaturated/α-hetero) is 1. The van der Waals surface area contributed by atoms with E-state index in [1.807, 2.05) is 0 Å². The number of hydrogen-bond donors (Lipinski definition) is 1. The van der Waals surface area contributed by atoms with E-state index < -0.39 is 26.4 Å². The van der Waals surface area contributed by atoms with Gasteiger partial charge in [0.2, 0.25) is 0 Å². The topological polar surface area (TPSA) is 77.2 Å².